The second-order valence-electron chi connectivity index (χ2n) is 4.84. The Morgan fingerprint density at radius 3 is 2.71 bits per heavy atom. The summed E-state index contributed by atoms with van der Waals surface area (Å²) in [5.74, 6) is 2.16. The molecule has 17 heavy (non-hydrogen) atoms. The van der Waals surface area contributed by atoms with Gasteiger partial charge in [0.05, 0.1) is 13.1 Å². The first kappa shape index (κ1) is 12.7. The van der Waals surface area contributed by atoms with Crippen molar-refractivity contribution in [2.75, 3.05) is 13.1 Å². The number of rotatable bonds is 8. The first-order chi connectivity index (χ1) is 8.33. The quantitative estimate of drug-likeness (QED) is 0.704. The number of furan rings is 1. The van der Waals surface area contributed by atoms with E-state index >= 15 is 0 Å². The Morgan fingerprint density at radius 1 is 1.29 bits per heavy atom. The van der Waals surface area contributed by atoms with Gasteiger partial charge in [-0.25, -0.2) is 0 Å². The smallest absolute Gasteiger partial charge is 0.118 e. The first-order valence-corrected chi connectivity index (χ1v) is 6.85. The number of hydrogen-bond acceptors (Lipinski definition) is 3. The number of hydrogen-bond donors (Lipinski definition) is 1. The lowest BCUT2D eigenvalue weighted by atomic mass is 10.3. The molecule has 1 saturated carbocycles. The van der Waals surface area contributed by atoms with Crippen molar-refractivity contribution in [1.29, 1.82) is 0 Å². The summed E-state index contributed by atoms with van der Waals surface area (Å²) in [6.45, 7) is 8.40. The summed E-state index contributed by atoms with van der Waals surface area (Å²) in [5, 5.41) is 3.36. The minimum Gasteiger partial charge on any atom is -0.463 e. The molecule has 0 atom stereocenters. The van der Waals surface area contributed by atoms with E-state index in [1.807, 2.05) is 0 Å². The van der Waals surface area contributed by atoms with Crippen LogP contribution in [-0.4, -0.2) is 24.0 Å². The molecule has 0 bridgehead atoms. The summed E-state index contributed by atoms with van der Waals surface area (Å²) in [4.78, 5) is 2.50. The van der Waals surface area contributed by atoms with Crippen molar-refractivity contribution in [3.8, 4) is 0 Å². The molecule has 1 aromatic rings. The SMILES string of the molecule is CCCNCc1ccc(CN(CC)C2CC2)o1. The molecule has 3 nitrogen and oxygen atoms in total. The highest BCUT2D eigenvalue weighted by atomic mass is 16.3. The Kier molecular flexibility index (Phi) is 4.63. The zero-order valence-corrected chi connectivity index (χ0v) is 11.0. The van der Waals surface area contributed by atoms with Crippen LogP contribution in [0.25, 0.3) is 0 Å². The van der Waals surface area contributed by atoms with Gasteiger partial charge in [-0.2, -0.15) is 0 Å². The maximum Gasteiger partial charge on any atom is 0.118 e. The average Bonchev–Trinajstić information content (AvgIpc) is 3.08. The Labute approximate surface area is 104 Å². The monoisotopic (exact) mass is 236 g/mol. The van der Waals surface area contributed by atoms with Gasteiger partial charge in [-0.05, 0) is 44.5 Å². The van der Waals surface area contributed by atoms with Gasteiger partial charge in [0.1, 0.15) is 11.5 Å². The average molecular weight is 236 g/mol. The molecule has 0 amide bonds. The summed E-state index contributed by atoms with van der Waals surface area (Å²) in [5.41, 5.74) is 0. The molecule has 96 valence electrons. The molecule has 0 aromatic carbocycles. The third-order valence-corrected chi connectivity index (χ3v) is 3.27. The van der Waals surface area contributed by atoms with Crippen molar-refractivity contribution >= 4 is 0 Å². The third-order valence-electron chi connectivity index (χ3n) is 3.27. The van der Waals surface area contributed by atoms with E-state index in [0.29, 0.717) is 0 Å². The van der Waals surface area contributed by atoms with Crippen LogP contribution < -0.4 is 5.32 Å². The highest BCUT2D eigenvalue weighted by Gasteiger charge is 2.28. The van der Waals surface area contributed by atoms with E-state index in [-0.39, 0.29) is 0 Å². The van der Waals surface area contributed by atoms with Crippen LogP contribution in [0.3, 0.4) is 0 Å². The van der Waals surface area contributed by atoms with Gasteiger partial charge in [0.25, 0.3) is 0 Å². The second kappa shape index (κ2) is 6.22. The highest BCUT2D eigenvalue weighted by Crippen LogP contribution is 2.28. The lowest BCUT2D eigenvalue weighted by Crippen LogP contribution is -2.24. The van der Waals surface area contributed by atoms with E-state index in [1.54, 1.807) is 0 Å². The van der Waals surface area contributed by atoms with Crippen LogP contribution in [0.2, 0.25) is 0 Å². The molecule has 0 saturated heterocycles. The van der Waals surface area contributed by atoms with Crippen molar-refractivity contribution in [2.45, 2.75) is 52.2 Å². The summed E-state index contributed by atoms with van der Waals surface area (Å²) >= 11 is 0. The normalized spacial score (nSPS) is 15.7. The Bertz CT molecular complexity index is 331. The van der Waals surface area contributed by atoms with E-state index in [9.17, 15) is 0 Å². The molecule has 1 aromatic heterocycles. The predicted octanol–water partition coefficient (Wildman–Crippen LogP) is 2.76. The molecule has 1 aliphatic carbocycles. The Morgan fingerprint density at radius 2 is 2.06 bits per heavy atom. The molecular weight excluding hydrogens is 212 g/mol. The van der Waals surface area contributed by atoms with Crippen LogP contribution in [0.4, 0.5) is 0 Å². The van der Waals surface area contributed by atoms with Gasteiger partial charge in [0.2, 0.25) is 0 Å². The van der Waals surface area contributed by atoms with Crippen molar-refractivity contribution < 1.29 is 4.42 Å². The predicted molar refractivity (Wildman–Crippen MR) is 69.8 cm³/mol. The van der Waals surface area contributed by atoms with E-state index in [2.05, 4.69) is 36.2 Å². The van der Waals surface area contributed by atoms with E-state index in [4.69, 9.17) is 4.42 Å². The van der Waals surface area contributed by atoms with Gasteiger partial charge >= 0.3 is 0 Å². The molecule has 2 rings (SSSR count). The molecule has 0 unspecified atom stereocenters. The molecular formula is C14H24N2O. The standard InChI is InChI=1S/C14H24N2O/c1-3-9-15-10-13-7-8-14(17-13)11-16(4-2)12-5-6-12/h7-8,12,15H,3-6,9-11H2,1-2H3. The molecule has 0 spiro atoms. The van der Waals surface area contributed by atoms with E-state index in [0.717, 1.165) is 43.7 Å². The van der Waals surface area contributed by atoms with Crippen molar-refractivity contribution in [1.82, 2.24) is 10.2 Å². The lowest BCUT2D eigenvalue weighted by Gasteiger charge is -2.17. The second-order valence-corrected chi connectivity index (χ2v) is 4.84. The Hall–Kier alpha value is -0.800. The van der Waals surface area contributed by atoms with Crippen LogP contribution in [0.5, 0.6) is 0 Å². The van der Waals surface area contributed by atoms with E-state index in [1.165, 1.54) is 19.3 Å². The van der Waals surface area contributed by atoms with Crippen LogP contribution >= 0.6 is 0 Å². The van der Waals surface area contributed by atoms with Crippen LogP contribution in [-0.2, 0) is 13.1 Å². The largest absolute Gasteiger partial charge is 0.463 e. The van der Waals surface area contributed by atoms with Gasteiger partial charge < -0.3 is 9.73 Å². The minimum atomic E-state index is 0.812. The van der Waals surface area contributed by atoms with Gasteiger partial charge in [0, 0.05) is 6.04 Å². The van der Waals surface area contributed by atoms with Gasteiger partial charge in [-0.3, -0.25) is 4.90 Å². The number of nitrogens with zero attached hydrogens (tertiary/aromatic N) is 1. The first-order valence-electron chi connectivity index (χ1n) is 6.85. The van der Waals surface area contributed by atoms with Crippen LogP contribution in [0.1, 0.15) is 44.6 Å². The summed E-state index contributed by atoms with van der Waals surface area (Å²) in [7, 11) is 0. The molecule has 0 aliphatic heterocycles. The zero-order valence-electron chi connectivity index (χ0n) is 11.0. The fourth-order valence-corrected chi connectivity index (χ4v) is 2.13. The van der Waals surface area contributed by atoms with Crippen LogP contribution in [0.15, 0.2) is 16.5 Å². The lowest BCUT2D eigenvalue weighted by molar-refractivity contribution is 0.243. The summed E-state index contributed by atoms with van der Waals surface area (Å²) in [6.07, 6.45) is 3.89. The van der Waals surface area contributed by atoms with Gasteiger partial charge in [-0.15, -0.1) is 0 Å². The summed E-state index contributed by atoms with van der Waals surface area (Å²) in [6, 6.07) is 5.03. The molecule has 0 radical (unpaired) electrons. The molecule has 1 N–H and O–H groups in total. The van der Waals surface area contributed by atoms with Crippen molar-refractivity contribution in [3.05, 3.63) is 23.7 Å². The zero-order chi connectivity index (χ0) is 12.1. The fourth-order valence-electron chi connectivity index (χ4n) is 2.13. The molecule has 1 fully saturated rings. The van der Waals surface area contributed by atoms with Crippen molar-refractivity contribution in [2.24, 2.45) is 0 Å². The maximum absolute atomic E-state index is 5.84. The van der Waals surface area contributed by atoms with E-state index < -0.39 is 0 Å². The fraction of sp³-hybridized carbons (Fsp3) is 0.714. The van der Waals surface area contributed by atoms with Crippen molar-refractivity contribution in [3.63, 3.8) is 0 Å². The highest BCUT2D eigenvalue weighted by molar-refractivity contribution is 5.07. The minimum absolute atomic E-state index is 0.812. The molecule has 1 heterocycles. The molecule has 1 aliphatic rings. The van der Waals surface area contributed by atoms with Crippen LogP contribution in [0, 0.1) is 0 Å². The van der Waals surface area contributed by atoms with Gasteiger partial charge in [0.15, 0.2) is 0 Å². The Balaban J connectivity index is 1.80. The maximum atomic E-state index is 5.84. The summed E-state index contributed by atoms with van der Waals surface area (Å²) < 4.78 is 5.84. The number of nitrogens with one attached hydrogen (secondary N) is 1. The topological polar surface area (TPSA) is 28.4 Å². The molecule has 3 heteroatoms. The third kappa shape index (κ3) is 3.86. The van der Waals surface area contributed by atoms with Gasteiger partial charge in [-0.1, -0.05) is 13.8 Å².